The van der Waals surface area contributed by atoms with Crippen molar-refractivity contribution in [1.82, 2.24) is 14.7 Å². The molecule has 0 saturated heterocycles. The van der Waals surface area contributed by atoms with Crippen molar-refractivity contribution in [2.24, 2.45) is 7.05 Å². The van der Waals surface area contributed by atoms with Gasteiger partial charge in [0.1, 0.15) is 0 Å². The van der Waals surface area contributed by atoms with Crippen molar-refractivity contribution in [3.05, 3.63) is 17.5 Å². The lowest BCUT2D eigenvalue weighted by atomic mass is 10.2. The van der Waals surface area contributed by atoms with Crippen molar-refractivity contribution in [1.29, 1.82) is 0 Å². The third-order valence-corrected chi connectivity index (χ3v) is 2.68. The molecule has 1 rings (SSSR count). The minimum absolute atomic E-state index is 0.00806. The largest absolute Gasteiger partial charge is 0.332 e. The SMILES string of the molecule is Cc1cc(C(=O)N(C(C)C)C(C)C)nn1C. The fourth-order valence-electron chi connectivity index (χ4n) is 1.86. The van der Waals surface area contributed by atoms with Crippen LogP contribution in [0.25, 0.3) is 0 Å². The van der Waals surface area contributed by atoms with Crippen molar-refractivity contribution in [3.8, 4) is 0 Å². The quantitative estimate of drug-likeness (QED) is 0.786. The second-order valence-electron chi connectivity index (χ2n) is 4.69. The molecular weight excluding hydrogens is 202 g/mol. The van der Waals surface area contributed by atoms with Gasteiger partial charge in [-0.3, -0.25) is 9.48 Å². The van der Waals surface area contributed by atoms with Crippen LogP contribution in [0.1, 0.15) is 43.9 Å². The molecule has 0 radical (unpaired) electrons. The Bertz CT molecular complexity index is 352. The summed E-state index contributed by atoms with van der Waals surface area (Å²) in [6, 6.07) is 2.21. The first-order valence-electron chi connectivity index (χ1n) is 5.68. The van der Waals surface area contributed by atoms with Crippen LogP contribution in [0.2, 0.25) is 0 Å². The summed E-state index contributed by atoms with van der Waals surface area (Å²) in [6.45, 7) is 10.0. The van der Waals surface area contributed by atoms with Gasteiger partial charge in [0, 0.05) is 24.8 Å². The highest BCUT2D eigenvalue weighted by atomic mass is 16.2. The van der Waals surface area contributed by atoms with Crippen molar-refractivity contribution in [2.45, 2.75) is 46.7 Å². The summed E-state index contributed by atoms with van der Waals surface area (Å²) in [5.41, 5.74) is 1.53. The van der Waals surface area contributed by atoms with E-state index < -0.39 is 0 Å². The van der Waals surface area contributed by atoms with Crippen molar-refractivity contribution >= 4 is 5.91 Å². The van der Waals surface area contributed by atoms with Crippen LogP contribution < -0.4 is 0 Å². The Morgan fingerprint density at radius 3 is 2.12 bits per heavy atom. The van der Waals surface area contributed by atoms with Crippen LogP contribution in [-0.4, -0.2) is 32.7 Å². The Morgan fingerprint density at radius 1 is 1.31 bits per heavy atom. The monoisotopic (exact) mass is 223 g/mol. The molecule has 16 heavy (non-hydrogen) atoms. The number of amides is 1. The number of aromatic nitrogens is 2. The molecule has 1 aromatic rings. The molecule has 0 fully saturated rings. The van der Waals surface area contributed by atoms with Gasteiger partial charge < -0.3 is 4.90 Å². The first-order chi connectivity index (χ1) is 7.34. The molecule has 90 valence electrons. The van der Waals surface area contributed by atoms with Crippen molar-refractivity contribution in [3.63, 3.8) is 0 Å². The van der Waals surface area contributed by atoms with E-state index in [0.717, 1.165) is 5.69 Å². The molecule has 4 heteroatoms. The topological polar surface area (TPSA) is 38.1 Å². The zero-order valence-electron chi connectivity index (χ0n) is 11.0. The van der Waals surface area contributed by atoms with Gasteiger partial charge in [0.25, 0.3) is 5.91 Å². The van der Waals surface area contributed by atoms with E-state index in [2.05, 4.69) is 5.10 Å². The van der Waals surface area contributed by atoms with Crippen molar-refractivity contribution < 1.29 is 4.79 Å². The Hall–Kier alpha value is -1.32. The summed E-state index contributed by atoms with van der Waals surface area (Å²) in [6.07, 6.45) is 0. The Balaban J connectivity index is 2.99. The number of rotatable bonds is 3. The molecule has 0 spiro atoms. The van der Waals surface area contributed by atoms with E-state index in [1.165, 1.54) is 0 Å². The average molecular weight is 223 g/mol. The van der Waals surface area contributed by atoms with Crippen LogP contribution in [0.4, 0.5) is 0 Å². The molecular formula is C12H21N3O. The summed E-state index contributed by atoms with van der Waals surface area (Å²) < 4.78 is 1.73. The van der Waals surface area contributed by atoms with E-state index in [9.17, 15) is 4.79 Å². The first-order valence-corrected chi connectivity index (χ1v) is 5.68. The smallest absolute Gasteiger partial charge is 0.274 e. The lowest BCUT2D eigenvalue weighted by Gasteiger charge is -2.29. The van der Waals surface area contributed by atoms with Crippen LogP contribution in [-0.2, 0) is 7.05 Å². The minimum atomic E-state index is 0.00806. The zero-order valence-corrected chi connectivity index (χ0v) is 11.0. The molecule has 0 saturated carbocycles. The van der Waals surface area contributed by atoms with E-state index in [-0.39, 0.29) is 18.0 Å². The molecule has 0 unspecified atom stereocenters. The lowest BCUT2D eigenvalue weighted by molar-refractivity contribution is 0.0636. The molecule has 0 aliphatic carbocycles. The number of carbonyl (C=O) groups excluding carboxylic acids is 1. The molecule has 4 nitrogen and oxygen atoms in total. The van der Waals surface area contributed by atoms with Gasteiger partial charge in [-0.25, -0.2) is 0 Å². The van der Waals surface area contributed by atoms with Crippen LogP contribution in [0.5, 0.6) is 0 Å². The fraction of sp³-hybridized carbons (Fsp3) is 0.667. The molecule has 1 amide bonds. The van der Waals surface area contributed by atoms with Crippen LogP contribution in [0.3, 0.4) is 0 Å². The third-order valence-electron chi connectivity index (χ3n) is 2.68. The lowest BCUT2D eigenvalue weighted by Crippen LogP contribution is -2.42. The van der Waals surface area contributed by atoms with Gasteiger partial charge in [-0.1, -0.05) is 0 Å². The molecule has 0 bridgehead atoms. The number of hydrogen-bond acceptors (Lipinski definition) is 2. The summed E-state index contributed by atoms with van der Waals surface area (Å²) in [4.78, 5) is 14.1. The Morgan fingerprint density at radius 2 is 1.81 bits per heavy atom. The normalized spacial score (nSPS) is 11.2. The fourth-order valence-corrected chi connectivity index (χ4v) is 1.86. The maximum Gasteiger partial charge on any atom is 0.274 e. The molecule has 0 aliphatic heterocycles. The van der Waals surface area contributed by atoms with Gasteiger partial charge in [0.15, 0.2) is 5.69 Å². The van der Waals surface area contributed by atoms with Crippen LogP contribution >= 0.6 is 0 Å². The average Bonchev–Trinajstić information content (AvgIpc) is 2.45. The number of hydrogen-bond donors (Lipinski definition) is 0. The zero-order chi connectivity index (χ0) is 12.5. The number of nitrogens with zero attached hydrogens (tertiary/aromatic N) is 3. The Labute approximate surface area is 97.2 Å². The summed E-state index contributed by atoms with van der Waals surface area (Å²) >= 11 is 0. The van der Waals surface area contributed by atoms with Crippen LogP contribution in [0, 0.1) is 6.92 Å². The van der Waals surface area contributed by atoms with Gasteiger partial charge in [-0.05, 0) is 40.7 Å². The molecule has 1 heterocycles. The van der Waals surface area contributed by atoms with E-state index in [1.807, 2.05) is 52.6 Å². The highest BCUT2D eigenvalue weighted by molar-refractivity contribution is 5.92. The predicted octanol–water partition coefficient (Wildman–Crippen LogP) is 1.99. The molecule has 0 aliphatic rings. The van der Waals surface area contributed by atoms with E-state index in [0.29, 0.717) is 5.69 Å². The van der Waals surface area contributed by atoms with Crippen molar-refractivity contribution in [2.75, 3.05) is 0 Å². The van der Waals surface area contributed by atoms with E-state index in [1.54, 1.807) is 4.68 Å². The molecule has 1 aromatic heterocycles. The maximum absolute atomic E-state index is 12.2. The van der Waals surface area contributed by atoms with Gasteiger partial charge in [-0.15, -0.1) is 0 Å². The third kappa shape index (κ3) is 2.43. The van der Waals surface area contributed by atoms with Gasteiger partial charge in [0.2, 0.25) is 0 Å². The van der Waals surface area contributed by atoms with Gasteiger partial charge in [0.05, 0.1) is 0 Å². The predicted molar refractivity (Wildman–Crippen MR) is 64.4 cm³/mol. The molecule has 0 aromatic carbocycles. The van der Waals surface area contributed by atoms with Gasteiger partial charge >= 0.3 is 0 Å². The number of aryl methyl sites for hydroxylation is 2. The Kier molecular flexibility index (Phi) is 3.73. The molecule has 0 N–H and O–H groups in total. The minimum Gasteiger partial charge on any atom is -0.332 e. The first kappa shape index (κ1) is 12.7. The summed E-state index contributed by atoms with van der Waals surface area (Å²) in [5.74, 6) is 0.00806. The van der Waals surface area contributed by atoms with Gasteiger partial charge in [-0.2, -0.15) is 5.10 Å². The summed E-state index contributed by atoms with van der Waals surface area (Å²) in [7, 11) is 1.85. The molecule has 0 atom stereocenters. The second kappa shape index (κ2) is 4.68. The number of carbonyl (C=O) groups is 1. The highest BCUT2D eigenvalue weighted by Gasteiger charge is 2.23. The maximum atomic E-state index is 12.2. The second-order valence-corrected chi connectivity index (χ2v) is 4.69. The summed E-state index contributed by atoms with van der Waals surface area (Å²) in [5, 5.41) is 4.22. The standard InChI is InChI=1S/C12H21N3O/c1-8(2)15(9(3)4)12(16)11-7-10(5)14(6)13-11/h7-9H,1-6H3. The van der Waals surface area contributed by atoms with Crippen LogP contribution in [0.15, 0.2) is 6.07 Å². The van der Waals surface area contributed by atoms with E-state index >= 15 is 0 Å². The highest BCUT2D eigenvalue weighted by Crippen LogP contribution is 2.12. The van der Waals surface area contributed by atoms with E-state index in [4.69, 9.17) is 0 Å².